The van der Waals surface area contributed by atoms with Gasteiger partial charge in [0.1, 0.15) is 0 Å². The lowest BCUT2D eigenvalue weighted by Gasteiger charge is -2.21. The van der Waals surface area contributed by atoms with Crippen molar-refractivity contribution in [2.75, 3.05) is 24.6 Å². The first-order valence-electron chi connectivity index (χ1n) is 7.53. The highest BCUT2D eigenvalue weighted by atomic mass is 32.1. The third-order valence-corrected chi connectivity index (χ3v) is 4.12. The largest absolute Gasteiger partial charge is 0.461 e. The van der Waals surface area contributed by atoms with Gasteiger partial charge in [-0.15, -0.1) is 11.3 Å². The van der Waals surface area contributed by atoms with Crippen molar-refractivity contribution < 1.29 is 9.53 Å². The van der Waals surface area contributed by atoms with Crippen LogP contribution in [0.15, 0.2) is 0 Å². The summed E-state index contributed by atoms with van der Waals surface area (Å²) in [6, 6.07) is 0. The maximum Gasteiger partial charge on any atom is 0.358 e. The number of aryl methyl sites for hydroxylation is 1. The van der Waals surface area contributed by atoms with Crippen LogP contribution in [0.4, 0.5) is 5.13 Å². The number of hydrogen-bond donors (Lipinski definition) is 0. The molecule has 0 spiro atoms. The molecule has 20 heavy (non-hydrogen) atoms. The van der Waals surface area contributed by atoms with Crippen LogP contribution in [0, 0.1) is 6.92 Å². The fourth-order valence-electron chi connectivity index (χ4n) is 1.91. The Kier molecular flexibility index (Phi) is 7.59. The Hall–Kier alpha value is -1.10. The summed E-state index contributed by atoms with van der Waals surface area (Å²) in [5.74, 6) is -0.307. The number of carbonyl (C=O) groups is 1. The van der Waals surface area contributed by atoms with Gasteiger partial charge >= 0.3 is 5.97 Å². The van der Waals surface area contributed by atoms with Gasteiger partial charge in [0.2, 0.25) is 0 Å². The van der Waals surface area contributed by atoms with Crippen molar-refractivity contribution in [2.24, 2.45) is 0 Å². The van der Waals surface area contributed by atoms with Gasteiger partial charge in [0.05, 0.1) is 6.61 Å². The molecule has 0 unspecified atom stereocenters. The molecule has 1 rings (SSSR count). The standard InChI is InChI=1S/C15H26N2O2S/c1-5-8-10-17(11-9-6-2)15-16-13(12(4)20-15)14(18)19-7-3/h5-11H2,1-4H3. The third-order valence-electron chi connectivity index (χ3n) is 3.09. The summed E-state index contributed by atoms with van der Waals surface area (Å²) in [6.45, 7) is 10.5. The van der Waals surface area contributed by atoms with Gasteiger partial charge in [0.25, 0.3) is 0 Å². The topological polar surface area (TPSA) is 42.4 Å². The molecule has 1 aromatic rings. The van der Waals surface area contributed by atoms with E-state index in [0.29, 0.717) is 12.3 Å². The molecule has 0 saturated heterocycles. The van der Waals surface area contributed by atoms with Gasteiger partial charge in [-0.3, -0.25) is 0 Å². The third kappa shape index (κ3) is 4.78. The number of ether oxygens (including phenoxy) is 1. The Labute approximate surface area is 126 Å². The van der Waals surface area contributed by atoms with Crippen LogP contribution in [0.2, 0.25) is 0 Å². The zero-order chi connectivity index (χ0) is 15.0. The SMILES string of the molecule is CCCCN(CCCC)c1nc(C(=O)OCC)c(C)s1. The van der Waals surface area contributed by atoms with E-state index >= 15 is 0 Å². The molecule has 0 aliphatic rings. The second kappa shape index (κ2) is 8.95. The normalized spacial score (nSPS) is 10.6. The molecule has 0 aliphatic heterocycles. The minimum absolute atomic E-state index is 0.307. The molecule has 114 valence electrons. The fourth-order valence-corrected chi connectivity index (χ4v) is 2.86. The van der Waals surface area contributed by atoms with E-state index in [0.717, 1.165) is 48.8 Å². The number of aromatic nitrogens is 1. The van der Waals surface area contributed by atoms with Crippen LogP contribution in [0.1, 0.15) is 61.8 Å². The molecule has 0 radical (unpaired) electrons. The molecule has 5 heteroatoms. The molecule has 0 atom stereocenters. The van der Waals surface area contributed by atoms with Crippen molar-refractivity contribution in [3.05, 3.63) is 10.6 Å². The molecule has 1 aromatic heterocycles. The lowest BCUT2D eigenvalue weighted by molar-refractivity contribution is 0.0519. The van der Waals surface area contributed by atoms with E-state index in [1.165, 1.54) is 0 Å². The summed E-state index contributed by atoms with van der Waals surface area (Å²) in [5, 5.41) is 0.951. The van der Waals surface area contributed by atoms with Crippen LogP contribution in [0.3, 0.4) is 0 Å². The molecule has 1 heterocycles. The molecule has 0 N–H and O–H groups in total. The van der Waals surface area contributed by atoms with Gasteiger partial charge in [0.15, 0.2) is 10.8 Å². The summed E-state index contributed by atoms with van der Waals surface area (Å²) in [4.78, 5) is 19.6. The predicted molar refractivity (Wildman–Crippen MR) is 84.8 cm³/mol. The van der Waals surface area contributed by atoms with Gasteiger partial charge in [-0.25, -0.2) is 9.78 Å². The zero-order valence-corrected chi connectivity index (χ0v) is 13.9. The minimum atomic E-state index is -0.307. The molecule has 0 saturated carbocycles. The van der Waals surface area contributed by atoms with Crippen molar-refractivity contribution >= 4 is 22.4 Å². The van der Waals surface area contributed by atoms with Crippen LogP contribution in [-0.2, 0) is 4.74 Å². The lowest BCUT2D eigenvalue weighted by atomic mass is 10.3. The van der Waals surface area contributed by atoms with Crippen LogP contribution >= 0.6 is 11.3 Å². The van der Waals surface area contributed by atoms with E-state index in [4.69, 9.17) is 4.74 Å². The van der Waals surface area contributed by atoms with Crippen molar-refractivity contribution in [3.63, 3.8) is 0 Å². The van der Waals surface area contributed by atoms with E-state index in [1.54, 1.807) is 11.3 Å². The highest BCUT2D eigenvalue weighted by Gasteiger charge is 2.19. The quantitative estimate of drug-likeness (QED) is 0.645. The van der Waals surface area contributed by atoms with Crippen LogP contribution in [0.25, 0.3) is 0 Å². The molecule has 0 aromatic carbocycles. The number of nitrogens with zero attached hydrogens (tertiary/aromatic N) is 2. The molecule has 0 bridgehead atoms. The molecular formula is C15H26N2O2S. The lowest BCUT2D eigenvalue weighted by Crippen LogP contribution is -2.25. The van der Waals surface area contributed by atoms with Crippen molar-refractivity contribution in [1.82, 2.24) is 4.98 Å². The second-order valence-electron chi connectivity index (χ2n) is 4.82. The van der Waals surface area contributed by atoms with E-state index in [2.05, 4.69) is 23.7 Å². The smallest absolute Gasteiger partial charge is 0.358 e. The Bertz CT molecular complexity index is 410. The molecule has 4 nitrogen and oxygen atoms in total. The molecular weight excluding hydrogens is 272 g/mol. The van der Waals surface area contributed by atoms with Gasteiger partial charge in [0, 0.05) is 18.0 Å². The predicted octanol–water partition coefficient (Wildman–Crippen LogP) is 4.03. The second-order valence-corrected chi connectivity index (χ2v) is 6.00. The first-order valence-corrected chi connectivity index (χ1v) is 8.35. The number of carbonyl (C=O) groups excluding carboxylic acids is 1. The number of anilines is 1. The van der Waals surface area contributed by atoms with Crippen molar-refractivity contribution in [1.29, 1.82) is 0 Å². The van der Waals surface area contributed by atoms with Gasteiger partial charge < -0.3 is 9.64 Å². The van der Waals surface area contributed by atoms with E-state index in [1.807, 2.05) is 13.8 Å². The number of esters is 1. The summed E-state index contributed by atoms with van der Waals surface area (Å²) >= 11 is 1.59. The Balaban J connectivity index is 2.84. The van der Waals surface area contributed by atoms with Crippen LogP contribution < -0.4 is 4.90 Å². The molecule has 0 amide bonds. The van der Waals surface area contributed by atoms with Crippen molar-refractivity contribution in [3.8, 4) is 0 Å². The molecule has 0 aliphatic carbocycles. The van der Waals surface area contributed by atoms with E-state index in [-0.39, 0.29) is 5.97 Å². The van der Waals surface area contributed by atoms with Gasteiger partial charge in [-0.2, -0.15) is 0 Å². The maximum atomic E-state index is 11.8. The van der Waals surface area contributed by atoms with Crippen LogP contribution in [0.5, 0.6) is 0 Å². The number of unbranched alkanes of at least 4 members (excludes halogenated alkanes) is 2. The summed E-state index contributed by atoms with van der Waals surface area (Å²) in [5.41, 5.74) is 0.477. The fraction of sp³-hybridized carbons (Fsp3) is 0.733. The Morgan fingerprint density at radius 3 is 2.30 bits per heavy atom. The van der Waals surface area contributed by atoms with Gasteiger partial charge in [-0.1, -0.05) is 26.7 Å². The van der Waals surface area contributed by atoms with Crippen LogP contribution in [-0.4, -0.2) is 30.6 Å². The highest BCUT2D eigenvalue weighted by molar-refractivity contribution is 7.15. The number of thiazole rings is 1. The summed E-state index contributed by atoms with van der Waals surface area (Å²) < 4.78 is 5.05. The first kappa shape index (κ1) is 17.0. The Morgan fingerprint density at radius 1 is 1.20 bits per heavy atom. The zero-order valence-electron chi connectivity index (χ0n) is 13.1. The molecule has 0 fully saturated rings. The average Bonchev–Trinajstić information content (AvgIpc) is 2.81. The van der Waals surface area contributed by atoms with Crippen molar-refractivity contribution in [2.45, 2.75) is 53.4 Å². The monoisotopic (exact) mass is 298 g/mol. The number of hydrogen-bond acceptors (Lipinski definition) is 5. The van der Waals surface area contributed by atoms with E-state index in [9.17, 15) is 4.79 Å². The summed E-state index contributed by atoms with van der Waals surface area (Å²) in [7, 11) is 0. The summed E-state index contributed by atoms with van der Waals surface area (Å²) in [6.07, 6.45) is 4.63. The number of rotatable bonds is 9. The Morgan fingerprint density at radius 2 is 1.80 bits per heavy atom. The first-order chi connectivity index (χ1) is 9.63. The van der Waals surface area contributed by atoms with E-state index < -0.39 is 0 Å². The minimum Gasteiger partial charge on any atom is -0.461 e. The average molecular weight is 298 g/mol. The van der Waals surface area contributed by atoms with Gasteiger partial charge in [-0.05, 0) is 26.7 Å². The maximum absolute atomic E-state index is 11.8. The highest BCUT2D eigenvalue weighted by Crippen LogP contribution is 2.27.